The van der Waals surface area contributed by atoms with Gasteiger partial charge in [-0.3, -0.25) is 0 Å². The number of morpholine rings is 1. The summed E-state index contributed by atoms with van der Waals surface area (Å²) in [5, 5.41) is 0. The lowest BCUT2D eigenvalue weighted by Gasteiger charge is -2.36. The summed E-state index contributed by atoms with van der Waals surface area (Å²) in [4.78, 5) is 11.5. The maximum absolute atomic E-state index is 5.76. The van der Waals surface area contributed by atoms with E-state index in [1.807, 2.05) is 6.92 Å². The summed E-state index contributed by atoms with van der Waals surface area (Å²) in [6.07, 6.45) is 0.512. The Morgan fingerprint density at radius 3 is 2.39 bits per heavy atom. The van der Waals surface area contributed by atoms with E-state index in [9.17, 15) is 0 Å². The lowest BCUT2D eigenvalue weighted by Crippen LogP contribution is -2.46. The molecule has 0 N–H and O–H groups in total. The van der Waals surface area contributed by atoms with Gasteiger partial charge < -0.3 is 9.64 Å². The van der Waals surface area contributed by atoms with Crippen LogP contribution in [0.25, 0.3) is 0 Å². The van der Waals surface area contributed by atoms with E-state index in [4.69, 9.17) is 4.74 Å². The highest BCUT2D eigenvalue weighted by Crippen LogP contribution is 2.21. The standard InChI is InChI=1S/C14H23N3O/c1-9(2)14-15-10(3)6-13(16-14)17-7-11(4)18-12(5)8-17/h6,9,11-12H,7-8H2,1-5H3/t11-,12-/m1/s1. The summed E-state index contributed by atoms with van der Waals surface area (Å²) in [6.45, 7) is 12.3. The molecule has 1 aromatic heterocycles. The van der Waals surface area contributed by atoms with Crippen LogP contribution in [0.2, 0.25) is 0 Å². The molecule has 18 heavy (non-hydrogen) atoms. The number of hydrogen-bond donors (Lipinski definition) is 0. The molecule has 1 saturated heterocycles. The largest absolute Gasteiger partial charge is 0.372 e. The van der Waals surface area contributed by atoms with Crippen LogP contribution < -0.4 is 4.90 Å². The first-order chi connectivity index (χ1) is 8.45. The van der Waals surface area contributed by atoms with Crippen molar-refractivity contribution in [3.05, 3.63) is 17.6 Å². The van der Waals surface area contributed by atoms with E-state index in [1.165, 1.54) is 0 Å². The molecular weight excluding hydrogens is 226 g/mol. The highest BCUT2D eigenvalue weighted by Gasteiger charge is 2.23. The third kappa shape index (κ3) is 2.99. The molecule has 100 valence electrons. The predicted molar refractivity (Wildman–Crippen MR) is 73.1 cm³/mol. The van der Waals surface area contributed by atoms with E-state index in [0.717, 1.165) is 30.4 Å². The smallest absolute Gasteiger partial charge is 0.133 e. The number of aryl methyl sites for hydroxylation is 1. The summed E-state index contributed by atoms with van der Waals surface area (Å²) < 4.78 is 5.76. The molecule has 0 radical (unpaired) electrons. The van der Waals surface area contributed by atoms with E-state index in [2.05, 4.69) is 48.6 Å². The highest BCUT2D eigenvalue weighted by atomic mass is 16.5. The number of aromatic nitrogens is 2. The van der Waals surface area contributed by atoms with Crippen molar-refractivity contribution in [2.45, 2.75) is 52.7 Å². The first-order valence-corrected chi connectivity index (χ1v) is 6.71. The van der Waals surface area contributed by atoms with Crippen LogP contribution in [-0.2, 0) is 4.74 Å². The number of nitrogens with zero attached hydrogens (tertiary/aromatic N) is 3. The van der Waals surface area contributed by atoms with Crippen LogP contribution in [0.3, 0.4) is 0 Å². The monoisotopic (exact) mass is 249 g/mol. The Labute approximate surface area is 109 Å². The minimum Gasteiger partial charge on any atom is -0.372 e. The minimum atomic E-state index is 0.256. The fourth-order valence-corrected chi connectivity index (χ4v) is 2.36. The van der Waals surface area contributed by atoms with Crippen molar-refractivity contribution in [2.24, 2.45) is 0 Å². The van der Waals surface area contributed by atoms with Crippen LogP contribution in [-0.4, -0.2) is 35.3 Å². The van der Waals surface area contributed by atoms with Gasteiger partial charge in [-0.1, -0.05) is 13.8 Å². The van der Waals surface area contributed by atoms with Crippen molar-refractivity contribution in [2.75, 3.05) is 18.0 Å². The molecule has 0 aliphatic carbocycles. The molecule has 0 saturated carbocycles. The number of rotatable bonds is 2. The molecule has 0 spiro atoms. The van der Waals surface area contributed by atoms with Crippen molar-refractivity contribution in [1.82, 2.24) is 9.97 Å². The van der Waals surface area contributed by atoms with Crippen molar-refractivity contribution < 1.29 is 4.74 Å². The molecule has 2 rings (SSSR count). The summed E-state index contributed by atoms with van der Waals surface area (Å²) in [7, 11) is 0. The average Bonchev–Trinajstić information content (AvgIpc) is 2.26. The van der Waals surface area contributed by atoms with Crippen molar-refractivity contribution in [3.63, 3.8) is 0 Å². The maximum atomic E-state index is 5.76. The first kappa shape index (κ1) is 13.3. The van der Waals surface area contributed by atoms with Crippen LogP contribution in [0.1, 0.15) is 45.1 Å². The Bertz CT molecular complexity index is 410. The van der Waals surface area contributed by atoms with E-state index < -0.39 is 0 Å². The summed E-state index contributed by atoms with van der Waals surface area (Å²) in [6, 6.07) is 2.07. The first-order valence-electron chi connectivity index (χ1n) is 6.71. The van der Waals surface area contributed by atoms with Crippen molar-refractivity contribution in [3.8, 4) is 0 Å². The lowest BCUT2D eigenvalue weighted by atomic mass is 10.2. The SMILES string of the molecule is Cc1cc(N2C[C@@H](C)O[C@H](C)C2)nc(C(C)C)n1. The Morgan fingerprint density at radius 2 is 1.83 bits per heavy atom. The summed E-state index contributed by atoms with van der Waals surface area (Å²) in [5.41, 5.74) is 1.04. The zero-order valence-corrected chi connectivity index (χ0v) is 12.0. The topological polar surface area (TPSA) is 38.2 Å². The maximum Gasteiger partial charge on any atom is 0.133 e. The molecule has 2 heterocycles. The van der Waals surface area contributed by atoms with Crippen LogP contribution in [0.15, 0.2) is 6.07 Å². The van der Waals surface area contributed by atoms with Gasteiger partial charge >= 0.3 is 0 Å². The van der Waals surface area contributed by atoms with E-state index in [-0.39, 0.29) is 12.2 Å². The molecule has 1 aliphatic rings. The fourth-order valence-electron chi connectivity index (χ4n) is 2.36. The summed E-state index contributed by atoms with van der Waals surface area (Å²) >= 11 is 0. The normalized spacial score (nSPS) is 24.7. The number of anilines is 1. The molecule has 0 aromatic carbocycles. The second-order valence-corrected chi connectivity index (χ2v) is 5.54. The predicted octanol–water partition coefficient (Wildman–Crippen LogP) is 2.52. The molecule has 4 nitrogen and oxygen atoms in total. The van der Waals surface area contributed by atoms with Crippen LogP contribution in [0, 0.1) is 6.92 Å². The molecule has 0 amide bonds. The average molecular weight is 249 g/mol. The molecule has 1 aliphatic heterocycles. The second kappa shape index (κ2) is 5.22. The number of hydrogen-bond acceptors (Lipinski definition) is 4. The Kier molecular flexibility index (Phi) is 3.85. The van der Waals surface area contributed by atoms with E-state index in [1.54, 1.807) is 0 Å². The van der Waals surface area contributed by atoms with E-state index in [0.29, 0.717) is 5.92 Å². The lowest BCUT2D eigenvalue weighted by molar-refractivity contribution is -0.00548. The Balaban J connectivity index is 2.26. The molecule has 4 heteroatoms. The van der Waals surface area contributed by atoms with Gasteiger partial charge in [0.1, 0.15) is 11.6 Å². The van der Waals surface area contributed by atoms with Crippen molar-refractivity contribution >= 4 is 5.82 Å². The summed E-state index contributed by atoms with van der Waals surface area (Å²) in [5.74, 6) is 2.32. The van der Waals surface area contributed by atoms with Gasteiger partial charge in [-0.05, 0) is 20.8 Å². The highest BCUT2D eigenvalue weighted by molar-refractivity contribution is 5.40. The molecule has 1 fully saturated rings. The quantitative estimate of drug-likeness (QED) is 0.807. The molecular formula is C14H23N3O. The molecule has 0 bridgehead atoms. The van der Waals surface area contributed by atoms with Gasteiger partial charge in [0.05, 0.1) is 12.2 Å². The van der Waals surface area contributed by atoms with Gasteiger partial charge in [0.15, 0.2) is 0 Å². The molecule has 0 unspecified atom stereocenters. The zero-order chi connectivity index (χ0) is 13.3. The van der Waals surface area contributed by atoms with Gasteiger partial charge in [0.2, 0.25) is 0 Å². The second-order valence-electron chi connectivity index (χ2n) is 5.54. The van der Waals surface area contributed by atoms with E-state index >= 15 is 0 Å². The third-order valence-corrected chi connectivity index (χ3v) is 3.12. The third-order valence-electron chi connectivity index (χ3n) is 3.12. The van der Waals surface area contributed by atoms with Crippen molar-refractivity contribution in [1.29, 1.82) is 0 Å². The fraction of sp³-hybridized carbons (Fsp3) is 0.714. The van der Waals surface area contributed by atoms with Gasteiger partial charge in [-0.15, -0.1) is 0 Å². The van der Waals surface area contributed by atoms with Gasteiger partial charge in [0.25, 0.3) is 0 Å². The van der Waals surface area contributed by atoms with Crippen LogP contribution in [0.5, 0.6) is 0 Å². The number of ether oxygens (including phenoxy) is 1. The van der Waals surface area contributed by atoms with Gasteiger partial charge in [-0.2, -0.15) is 0 Å². The Hall–Kier alpha value is -1.16. The zero-order valence-electron chi connectivity index (χ0n) is 12.0. The van der Waals surface area contributed by atoms with Gasteiger partial charge in [-0.25, -0.2) is 9.97 Å². The minimum absolute atomic E-state index is 0.256. The van der Waals surface area contributed by atoms with Crippen LogP contribution >= 0.6 is 0 Å². The van der Waals surface area contributed by atoms with Gasteiger partial charge in [0, 0.05) is 30.8 Å². The molecule has 2 atom stereocenters. The Morgan fingerprint density at radius 1 is 1.22 bits per heavy atom. The molecule has 1 aromatic rings. The van der Waals surface area contributed by atoms with Crippen LogP contribution in [0.4, 0.5) is 5.82 Å².